The van der Waals surface area contributed by atoms with Gasteiger partial charge in [0.15, 0.2) is 0 Å². The standard InChI is InChI=1S/C27H43N3O4/c1-4-5-6-7-8-9-10-11-12-13-14-18-28-27(33)25(20(2)31)30-26(32)23-19-21-22(29-23)16-15-17-24(21)34-3/h15-17,19-20,25,29,31H,4-14,18H2,1-3H3,(H,28,33)(H,30,32)/t20-,25+/m0/s1. The van der Waals surface area contributed by atoms with Crippen molar-refractivity contribution in [3.63, 3.8) is 0 Å². The lowest BCUT2D eigenvalue weighted by atomic mass is 10.1. The fraction of sp³-hybridized carbons (Fsp3) is 0.630. The maximum atomic E-state index is 12.7. The number of aliphatic hydroxyl groups is 1. The predicted octanol–water partition coefficient (Wildman–Crippen LogP) is 5.08. The molecular weight excluding hydrogens is 430 g/mol. The van der Waals surface area contributed by atoms with Crippen LogP contribution in [0, 0.1) is 0 Å². The molecule has 0 aliphatic heterocycles. The zero-order chi connectivity index (χ0) is 24.8. The van der Waals surface area contributed by atoms with Crippen molar-refractivity contribution in [2.24, 2.45) is 0 Å². The summed E-state index contributed by atoms with van der Waals surface area (Å²) in [6, 6.07) is 6.17. The van der Waals surface area contributed by atoms with Gasteiger partial charge in [-0.25, -0.2) is 0 Å². The molecular formula is C27H43N3O4. The van der Waals surface area contributed by atoms with Crippen LogP contribution < -0.4 is 15.4 Å². The first kappa shape index (κ1) is 27.7. The molecule has 0 unspecified atom stereocenters. The van der Waals surface area contributed by atoms with Crippen LogP contribution >= 0.6 is 0 Å². The van der Waals surface area contributed by atoms with Gasteiger partial charge in [0.1, 0.15) is 17.5 Å². The topological polar surface area (TPSA) is 103 Å². The second-order valence-corrected chi connectivity index (χ2v) is 9.12. The van der Waals surface area contributed by atoms with Gasteiger partial charge in [-0.05, 0) is 31.5 Å². The van der Waals surface area contributed by atoms with Crippen LogP contribution in [0.5, 0.6) is 5.75 Å². The SMILES string of the molecule is CCCCCCCCCCCCCNC(=O)[C@H](NC(=O)c1cc2c(OC)cccc2[nH]1)[C@H](C)O. The largest absolute Gasteiger partial charge is 0.496 e. The lowest BCUT2D eigenvalue weighted by Crippen LogP contribution is -2.52. The number of carbonyl (C=O) groups is 2. The van der Waals surface area contributed by atoms with Gasteiger partial charge in [-0.1, -0.05) is 77.2 Å². The van der Waals surface area contributed by atoms with Gasteiger partial charge in [-0.15, -0.1) is 0 Å². The third-order valence-corrected chi connectivity index (χ3v) is 6.22. The Bertz CT molecular complexity index is 878. The van der Waals surface area contributed by atoms with Gasteiger partial charge in [0, 0.05) is 17.4 Å². The molecule has 0 spiro atoms. The first-order valence-corrected chi connectivity index (χ1v) is 12.9. The summed E-state index contributed by atoms with van der Waals surface area (Å²) < 4.78 is 5.33. The number of aliphatic hydroxyl groups excluding tert-OH is 1. The number of carbonyl (C=O) groups excluding carboxylic acids is 2. The van der Waals surface area contributed by atoms with Gasteiger partial charge < -0.3 is 25.5 Å². The second-order valence-electron chi connectivity index (χ2n) is 9.12. The lowest BCUT2D eigenvalue weighted by Gasteiger charge is -2.20. The van der Waals surface area contributed by atoms with Crippen LogP contribution in [-0.4, -0.2) is 47.7 Å². The normalized spacial score (nSPS) is 12.9. The van der Waals surface area contributed by atoms with Gasteiger partial charge in [-0.3, -0.25) is 9.59 Å². The number of hydrogen-bond donors (Lipinski definition) is 4. The van der Waals surface area contributed by atoms with E-state index in [9.17, 15) is 14.7 Å². The Labute approximate surface area is 204 Å². The predicted molar refractivity (Wildman–Crippen MR) is 137 cm³/mol. The molecule has 0 aliphatic rings. The minimum atomic E-state index is -1.02. The number of ether oxygens (including phenoxy) is 1. The van der Waals surface area contributed by atoms with Crippen LogP contribution in [0.3, 0.4) is 0 Å². The van der Waals surface area contributed by atoms with Crippen molar-refractivity contribution in [2.45, 2.75) is 96.6 Å². The summed E-state index contributed by atoms with van der Waals surface area (Å²) in [7, 11) is 1.57. The zero-order valence-electron chi connectivity index (χ0n) is 21.1. The molecule has 2 atom stereocenters. The molecule has 190 valence electrons. The number of unbranched alkanes of at least 4 members (excludes halogenated alkanes) is 10. The molecule has 7 heteroatoms. The molecule has 7 nitrogen and oxygen atoms in total. The summed E-state index contributed by atoms with van der Waals surface area (Å²) >= 11 is 0. The number of fused-ring (bicyclic) bond motifs is 1. The number of amides is 2. The number of benzene rings is 1. The van der Waals surface area contributed by atoms with Gasteiger partial charge in [0.25, 0.3) is 5.91 Å². The molecule has 2 amide bonds. The van der Waals surface area contributed by atoms with Crippen molar-refractivity contribution in [3.05, 3.63) is 30.0 Å². The molecule has 0 radical (unpaired) electrons. The molecule has 1 aromatic carbocycles. The van der Waals surface area contributed by atoms with Gasteiger partial charge >= 0.3 is 0 Å². The van der Waals surface area contributed by atoms with Crippen LogP contribution in [0.15, 0.2) is 24.3 Å². The molecule has 0 saturated carbocycles. The van der Waals surface area contributed by atoms with Crippen LogP contribution in [0.25, 0.3) is 10.9 Å². The van der Waals surface area contributed by atoms with E-state index in [4.69, 9.17) is 4.74 Å². The Kier molecular flexibility index (Phi) is 12.5. The summed E-state index contributed by atoms with van der Waals surface area (Å²) in [5.41, 5.74) is 1.07. The van der Waals surface area contributed by atoms with E-state index in [0.29, 0.717) is 18.0 Å². The summed E-state index contributed by atoms with van der Waals surface area (Å²) in [5.74, 6) is -0.164. The lowest BCUT2D eigenvalue weighted by molar-refractivity contribution is -0.125. The summed E-state index contributed by atoms with van der Waals surface area (Å²) in [6.07, 6.45) is 12.7. The molecule has 0 aliphatic carbocycles. The van der Waals surface area contributed by atoms with Crippen molar-refractivity contribution >= 4 is 22.7 Å². The molecule has 0 saturated heterocycles. The number of aromatic amines is 1. The maximum Gasteiger partial charge on any atom is 0.268 e. The highest BCUT2D eigenvalue weighted by Gasteiger charge is 2.26. The minimum Gasteiger partial charge on any atom is -0.496 e. The Morgan fingerprint density at radius 3 is 2.21 bits per heavy atom. The summed E-state index contributed by atoms with van der Waals surface area (Å²) in [4.78, 5) is 28.4. The van der Waals surface area contributed by atoms with E-state index in [1.807, 2.05) is 18.2 Å². The van der Waals surface area contributed by atoms with Gasteiger partial charge in [0.2, 0.25) is 5.91 Å². The highest BCUT2D eigenvalue weighted by molar-refractivity contribution is 6.01. The second kappa shape index (κ2) is 15.4. The maximum absolute atomic E-state index is 12.7. The van der Waals surface area contributed by atoms with E-state index in [2.05, 4.69) is 22.5 Å². The van der Waals surface area contributed by atoms with Crippen molar-refractivity contribution in [1.29, 1.82) is 0 Å². The number of nitrogens with one attached hydrogen (secondary N) is 3. The smallest absolute Gasteiger partial charge is 0.268 e. The highest BCUT2D eigenvalue weighted by Crippen LogP contribution is 2.26. The average Bonchev–Trinajstić information content (AvgIpc) is 3.27. The van der Waals surface area contributed by atoms with E-state index >= 15 is 0 Å². The van der Waals surface area contributed by atoms with E-state index < -0.39 is 18.1 Å². The van der Waals surface area contributed by atoms with Crippen LogP contribution in [0.2, 0.25) is 0 Å². The Hall–Kier alpha value is -2.54. The monoisotopic (exact) mass is 473 g/mol. The average molecular weight is 474 g/mol. The molecule has 34 heavy (non-hydrogen) atoms. The third kappa shape index (κ3) is 9.01. The highest BCUT2D eigenvalue weighted by atomic mass is 16.5. The van der Waals surface area contributed by atoms with Crippen LogP contribution in [0.4, 0.5) is 0 Å². The van der Waals surface area contributed by atoms with Crippen LogP contribution in [0.1, 0.15) is 95.0 Å². The number of rotatable bonds is 17. The molecule has 2 aromatic rings. The molecule has 2 rings (SSSR count). The van der Waals surface area contributed by atoms with Gasteiger partial charge in [0.05, 0.1) is 13.2 Å². The summed E-state index contributed by atoms with van der Waals surface area (Å²) in [5, 5.41) is 16.4. The van der Waals surface area contributed by atoms with Crippen molar-refractivity contribution < 1.29 is 19.4 Å². The number of methoxy groups -OCH3 is 1. The Morgan fingerprint density at radius 1 is 1.00 bits per heavy atom. The number of aromatic nitrogens is 1. The molecule has 0 bridgehead atoms. The molecule has 4 N–H and O–H groups in total. The van der Waals surface area contributed by atoms with Crippen LogP contribution in [-0.2, 0) is 4.79 Å². The van der Waals surface area contributed by atoms with E-state index in [1.165, 1.54) is 64.7 Å². The van der Waals surface area contributed by atoms with E-state index in [1.54, 1.807) is 13.2 Å². The molecule has 1 aromatic heterocycles. The Morgan fingerprint density at radius 2 is 1.62 bits per heavy atom. The quantitative estimate of drug-likeness (QED) is 0.240. The van der Waals surface area contributed by atoms with E-state index in [-0.39, 0.29) is 5.91 Å². The Balaban J connectivity index is 1.70. The zero-order valence-corrected chi connectivity index (χ0v) is 21.1. The first-order chi connectivity index (χ1) is 16.5. The molecule has 0 fully saturated rings. The van der Waals surface area contributed by atoms with Gasteiger partial charge in [-0.2, -0.15) is 0 Å². The number of hydrogen-bond acceptors (Lipinski definition) is 4. The first-order valence-electron chi connectivity index (χ1n) is 12.9. The fourth-order valence-corrected chi connectivity index (χ4v) is 4.16. The summed E-state index contributed by atoms with van der Waals surface area (Å²) in [6.45, 7) is 4.28. The number of H-pyrrole nitrogens is 1. The fourth-order valence-electron chi connectivity index (χ4n) is 4.16. The van der Waals surface area contributed by atoms with Crippen molar-refractivity contribution in [3.8, 4) is 5.75 Å². The van der Waals surface area contributed by atoms with Crippen molar-refractivity contribution in [1.82, 2.24) is 15.6 Å². The van der Waals surface area contributed by atoms with Crippen molar-refractivity contribution in [2.75, 3.05) is 13.7 Å². The minimum absolute atomic E-state index is 0.309. The van der Waals surface area contributed by atoms with E-state index in [0.717, 1.165) is 23.7 Å². The third-order valence-electron chi connectivity index (χ3n) is 6.22. The molecule has 1 heterocycles.